The number of nitrogens with zero attached hydrogens (tertiary/aromatic N) is 5. The SMILES string of the molecule is Cn1cnc(S(=O)(=O)N2CCC(Cn3cnc(C(F)F)cc3=O)CC2)c1. The van der Waals surface area contributed by atoms with Gasteiger partial charge in [0.2, 0.25) is 0 Å². The Morgan fingerprint density at radius 3 is 2.46 bits per heavy atom. The van der Waals surface area contributed by atoms with Crippen LogP contribution in [0.15, 0.2) is 34.7 Å². The topological polar surface area (TPSA) is 90.1 Å². The van der Waals surface area contributed by atoms with Gasteiger partial charge in [0.15, 0.2) is 5.03 Å². The van der Waals surface area contributed by atoms with E-state index in [4.69, 9.17) is 0 Å². The predicted octanol–water partition coefficient (Wildman–Crippen LogP) is 1.02. The molecule has 0 amide bonds. The van der Waals surface area contributed by atoms with Crippen LogP contribution >= 0.6 is 0 Å². The zero-order valence-electron chi connectivity index (χ0n) is 14.1. The first-order chi connectivity index (χ1) is 12.3. The molecule has 2 aromatic rings. The minimum Gasteiger partial charge on any atom is -0.339 e. The maximum absolute atomic E-state index is 12.6. The molecule has 1 fully saturated rings. The second kappa shape index (κ2) is 7.23. The van der Waals surface area contributed by atoms with Gasteiger partial charge >= 0.3 is 0 Å². The van der Waals surface area contributed by atoms with E-state index in [-0.39, 0.29) is 10.9 Å². The van der Waals surface area contributed by atoms with Crippen molar-refractivity contribution in [2.45, 2.75) is 30.8 Å². The van der Waals surface area contributed by atoms with E-state index in [1.165, 1.54) is 21.4 Å². The normalized spacial score (nSPS) is 17.1. The number of aromatic nitrogens is 4. The summed E-state index contributed by atoms with van der Waals surface area (Å²) in [6, 6.07) is 0.839. The minimum absolute atomic E-state index is 0.0152. The van der Waals surface area contributed by atoms with Crippen molar-refractivity contribution >= 4 is 10.0 Å². The summed E-state index contributed by atoms with van der Waals surface area (Å²) in [6.07, 6.45) is 2.36. The highest BCUT2D eigenvalue weighted by Gasteiger charge is 2.31. The van der Waals surface area contributed by atoms with Crippen LogP contribution in [0.5, 0.6) is 0 Å². The molecule has 8 nitrogen and oxygen atoms in total. The summed E-state index contributed by atoms with van der Waals surface area (Å²) in [6.45, 7) is 0.967. The van der Waals surface area contributed by atoms with Gasteiger partial charge < -0.3 is 4.57 Å². The highest BCUT2D eigenvalue weighted by atomic mass is 32.2. The summed E-state index contributed by atoms with van der Waals surface area (Å²) in [5, 5.41) is 0.0152. The molecule has 1 aliphatic rings. The average molecular weight is 387 g/mol. The first-order valence-electron chi connectivity index (χ1n) is 8.10. The maximum Gasteiger partial charge on any atom is 0.280 e. The average Bonchev–Trinajstić information content (AvgIpc) is 3.04. The summed E-state index contributed by atoms with van der Waals surface area (Å²) in [5.74, 6) is 0.0714. The molecule has 2 aromatic heterocycles. The van der Waals surface area contributed by atoms with E-state index in [0.717, 1.165) is 12.4 Å². The van der Waals surface area contributed by atoms with Gasteiger partial charge in [-0.3, -0.25) is 9.36 Å². The molecule has 142 valence electrons. The fraction of sp³-hybridized carbons (Fsp3) is 0.533. The summed E-state index contributed by atoms with van der Waals surface area (Å²) in [7, 11) is -1.93. The van der Waals surface area contributed by atoms with E-state index in [1.54, 1.807) is 11.6 Å². The van der Waals surface area contributed by atoms with Gasteiger partial charge in [0.25, 0.3) is 22.0 Å². The minimum atomic E-state index is -3.62. The van der Waals surface area contributed by atoms with E-state index in [2.05, 4.69) is 9.97 Å². The van der Waals surface area contributed by atoms with Crippen LogP contribution < -0.4 is 5.56 Å². The number of halogens is 2. The Morgan fingerprint density at radius 2 is 1.92 bits per heavy atom. The van der Waals surface area contributed by atoms with Crippen LogP contribution in [0.4, 0.5) is 8.78 Å². The van der Waals surface area contributed by atoms with Crippen LogP contribution in [0.3, 0.4) is 0 Å². The Bertz CT molecular complexity index is 933. The second-order valence-corrected chi connectivity index (χ2v) is 8.21. The standard InChI is InChI=1S/C15H19F2N5O3S/c1-20-8-13(19-9-20)26(24,25)22-4-2-11(3-5-22)7-21-10-18-12(15(16)17)6-14(21)23/h6,8-11,15H,2-5,7H2,1H3. The summed E-state index contributed by atoms with van der Waals surface area (Å²) in [4.78, 5) is 19.4. The van der Waals surface area contributed by atoms with Crippen molar-refractivity contribution in [2.24, 2.45) is 13.0 Å². The van der Waals surface area contributed by atoms with Gasteiger partial charge in [-0.15, -0.1) is 0 Å². The number of piperidine rings is 1. The summed E-state index contributed by atoms with van der Waals surface area (Å²) in [5.41, 5.74) is -1.07. The molecule has 26 heavy (non-hydrogen) atoms. The third-order valence-corrected chi connectivity index (χ3v) is 6.22. The van der Waals surface area contributed by atoms with Gasteiger partial charge in [-0.1, -0.05) is 0 Å². The molecule has 0 atom stereocenters. The first-order valence-corrected chi connectivity index (χ1v) is 9.54. The van der Waals surface area contributed by atoms with Crippen LogP contribution in [-0.2, 0) is 23.6 Å². The highest BCUT2D eigenvalue weighted by molar-refractivity contribution is 7.89. The fourth-order valence-electron chi connectivity index (χ4n) is 2.96. The van der Waals surface area contributed by atoms with Crippen molar-refractivity contribution in [3.05, 3.63) is 41.0 Å². The van der Waals surface area contributed by atoms with Crippen molar-refractivity contribution in [2.75, 3.05) is 13.1 Å². The molecule has 0 N–H and O–H groups in total. The molecule has 1 saturated heterocycles. The molecule has 3 rings (SSSR count). The van der Waals surface area contributed by atoms with Crippen LogP contribution in [0.2, 0.25) is 0 Å². The number of sulfonamides is 1. The molecule has 0 bridgehead atoms. The van der Waals surface area contributed by atoms with Crippen molar-refractivity contribution in [3.8, 4) is 0 Å². The lowest BCUT2D eigenvalue weighted by molar-refractivity contribution is 0.145. The Kier molecular flexibility index (Phi) is 5.19. The van der Waals surface area contributed by atoms with Crippen LogP contribution in [-0.4, -0.2) is 44.9 Å². The van der Waals surface area contributed by atoms with Gasteiger partial charge in [0.05, 0.1) is 12.7 Å². The third kappa shape index (κ3) is 3.83. The van der Waals surface area contributed by atoms with E-state index in [9.17, 15) is 22.0 Å². The van der Waals surface area contributed by atoms with Crippen molar-refractivity contribution in [1.29, 1.82) is 0 Å². The second-order valence-electron chi connectivity index (χ2n) is 6.33. The van der Waals surface area contributed by atoms with Crippen molar-refractivity contribution in [1.82, 2.24) is 23.4 Å². The van der Waals surface area contributed by atoms with Crippen LogP contribution in [0, 0.1) is 5.92 Å². The van der Waals surface area contributed by atoms with E-state index in [0.29, 0.717) is 32.5 Å². The van der Waals surface area contributed by atoms with Crippen LogP contribution in [0.25, 0.3) is 0 Å². The Labute approximate surface area is 149 Å². The molecule has 3 heterocycles. The lowest BCUT2D eigenvalue weighted by Crippen LogP contribution is -2.40. The van der Waals surface area contributed by atoms with E-state index in [1.807, 2.05) is 0 Å². The lowest BCUT2D eigenvalue weighted by atomic mass is 9.98. The van der Waals surface area contributed by atoms with Gasteiger partial charge in [-0.05, 0) is 18.8 Å². The van der Waals surface area contributed by atoms with E-state index < -0.39 is 27.7 Å². The fourth-order valence-corrected chi connectivity index (χ4v) is 4.40. The molecular weight excluding hydrogens is 368 g/mol. The van der Waals surface area contributed by atoms with E-state index >= 15 is 0 Å². The molecule has 11 heteroatoms. The molecular formula is C15H19F2N5O3S. The molecule has 0 unspecified atom stereocenters. The van der Waals surface area contributed by atoms with Gasteiger partial charge in [0, 0.05) is 38.9 Å². The third-order valence-electron chi connectivity index (χ3n) is 4.44. The molecule has 0 spiro atoms. The number of imidazole rings is 1. The quantitative estimate of drug-likeness (QED) is 0.764. The highest BCUT2D eigenvalue weighted by Crippen LogP contribution is 2.24. The van der Waals surface area contributed by atoms with Crippen LogP contribution in [0.1, 0.15) is 25.0 Å². The zero-order valence-corrected chi connectivity index (χ0v) is 14.9. The Hall–Kier alpha value is -2.14. The molecule has 0 radical (unpaired) electrons. The van der Waals surface area contributed by atoms with Crippen molar-refractivity contribution in [3.63, 3.8) is 0 Å². The Balaban J connectivity index is 1.63. The maximum atomic E-state index is 12.6. The number of hydrogen-bond donors (Lipinski definition) is 0. The number of alkyl halides is 2. The number of aryl methyl sites for hydroxylation is 1. The van der Waals surface area contributed by atoms with Gasteiger partial charge in [-0.2, -0.15) is 4.31 Å². The lowest BCUT2D eigenvalue weighted by Gasteiger charge is -2.30. The summed E-state index contributed by atoms with van der Waals surface area (Å²) < 4.78 is 54.4. The molecule has 0 aliphatic carbocycles. The first kappa shape index (κ1) is 18.6. The number of rotatable bonds is 5. The largest absolute Gasteiger partial charge is 0.339 e. The molecule has 0 aromatic carbocycles. The predicted molar refractivity (Wildman–Crippen MR) is 88.1 cm³/mol. The summed E-state index contributed by atoms with van der Waals surface area (Å²) >= 11 is 0. The monoisotopic (exact) mass is 387 g/mol. The van der Waals surface area contributed by atoms with Gasteiger partial charge in [0.1, 0.15) is 5.69 Å². The van der Waals surface area contributed by atoms with Crippen molar-refractivity contribution < 1.29 is 17.2 Å². The molecule has 1 aliphatic heterocycles. The molecule has 0 saturated carbocycles. The smallest absolute Gasteiger partial charge is 0.280 e. The van der Waals surface area contributed by atoms with Gasteiger partial charge in [-0.25, -0.2) is 27.2 Å². The number of hydrogen-bond acceptors (Lipinski definition) is 5. The zero-order chi connectivity index (χ0) is 18.9. The Morgan fingerprint density at radius 1 is 1.23 bits per heavy atom.